The van der Waals surface area contributed by atoms with E-state index in [1.165, 1.54) is 19.1 Å². The van der Waals surface area contributed by atoms with Crippen molar-refractivity contribution in [2.75, 3.05) is 28.3 Å². The van der Waals surface area contributed by atoms with Gasteiger partial charge in [-0.25, -0.2) is 9.59 Å². The predicted molar refractivity (Wildman–Crippen MR) is 69.5 cm³/mol. The van der Waals surface area contributed by atoms with Gasteiger partial charge >= 0.3 is 61.4 Å². The van der Waals surface area contributed by atoms with Crippen molar-refractivity contribution in [1.29, 1.82) is 0 Å². The molecule has 0 N–H and O–H groups in total. The van der Waals surface area contributed by atoms with Crippen LogP contribution < -0.4 is 0 Å². The van der Waals surface area contributed by atoms with Crippen molar-refractivity contribution in [1.82, 2.24) is 4.90 Å². The van der Waals surface area contributed by atoms with Crippen molar-refractivity contribution in [2.45, 2.75) is 6.04 Å². The molecular formula is C7H13I2NO4V. The Bertz CT molecular complexity index is 187. The van der Waals surface area contributed by atoms with E-state index in [-0.39, 0.29) is 0 Å². The molecule has 0 atom stereocenters. The van der Waals surface area contributed by atoms with E-state index in [2.05, 4.69) is 49.4 Å². The fourth-order valence-corrected chi connectivity index (χ4v) is 0.741. The van der Waals surface area contributed by atoms with Crippen LogP contribution >= 0.6 is 40.0 Å². The zero-order valence-electron chi connectivity index (χ0n) is 8.86. The summed E-state index contributed by atoms with van der Waals surface area (Å²) in [4.78, 5) is 23.4. The van der Waals surface area contributed by atoms with Crippen molar-refractivity contribution in [3.05, 3.63) is 0 Å². The molecule has 0 aromatic heterocycles. The Balaban J connectivity index is 0. The summed E-state index contributed by atoms with van der Waals surface area (Å²) in [6, 6.07) is -0.972. The Morgan fingerprint density at radius 2 is 1.40 bits per heavy atom. The van der Waals surface area contributed by atoms with Gasteiger partial charge in [0.25, 0.3) is 0 Å². The van der Waals surface area contributed by atoms with Gasteiger partial charge in [-0.15, -0.1) is 0 Å². The van der Waals surface area contributed by atoms with Gasteiger partial charge in [-0.05, 0) is 14.1 Å². The van der Waals surface area contributed by atoms with Gasteiger partial charge in [0.15, 0.2) is 0 Å². The fraction of sp³-hybridized carbons (Fsp3) is 0.714. The third kappa shape index (κ3) is 8.72. The summed E-state index contributed by atoms with van der Waals surface area (Å²) >= 11 is 4.74. The summed E-state index contributed by atoms with van der Waals surface area (Å²) in [5, 5.41) is 0. The van der Waals surface area contributed by atoms with E-state index in [0.717, 1.165) is 0 Å². The number of rotatable bonds is 3. The van der Waals surface area contributed by atoms with Crippen LogP contribution in [0.15, 0.2) is 0 Å². The molecule has 15 heavy (non-hydrogen) atoms. The molecule has 0 aromatic rings. The van der Waals surface area contributed by atoms with Gasteiger partial charge in [0.05, 0.1) is 14.2 Å². The van der Waals surface area contributed by atoms with Gasteiger partial charge in [-0.1, -0.05) is 0 Å². The van der Waals surface area contributed by atoms with Crippen LogP contribution in [-0.4, -0.2) is 51.2 Å². The van der Waals surface area contributed by atoms with Crippen LogP contribution in [-0.2, 0) is 28.5 Å². The van der Waals surface area contributed by atoms with Gasteiger partial charge in [0.2, 0.25) is 6.04 Å². The van der Waals surface area contributed by atoms with E-state index in [4.69, 9.17) is 0 Å². The first kappa shape index (κ1) is 18.3. The normalized spacial score (nSPS) is 9.07. The topological polar surface area (TPSA) is 55.8 Å². The van der Waals surface area contributed by atoms with Crippen molar-refractivity contribution in [3.8, 4) is 0 Å². The van der Waals surface area contributed by atoms with Crippen LogP contribution in [0, 0.1) is 0 Å². The zero-order valence-corrected chi connectivity index (χ0v) is 14.6. The SMILES string of the molecule is COC(=O)C(C(=O)OC)N(C)C.[I][V][I]. The average Bonchev–Trinajstić information content (AvgIpc) is 2.18. The Morgan fingerprint density at radius 3 is 1.53 bits per heavy atom. The summed E-state index contributed by atoms with van der Waals surface area (Å²) in [7, 11) is 6.27. The van der Waals surface area contributed by atoms with Crippen LogP contribution in [0.5, 0.6) is 0 Å². The van der Waals surface area contributed by atoms with Crippen LogP contribution in [0.1, 0.15) is 0 Å². The number of ether oxygens (including phenoxy) is 2. The Kier molecular flexibility index (Phi) is 14.0. The van der Waals surface area contributed by atoms with E-state index >= 15 is 0 Å². The molecule has 0 radical (unpaired) electrons. The number of hydrogen-bond donors (Lipinski definition) is 0. The average molecular weight is 480 g/mol. The second kappa shape index (κ2) is 11.4. The maximum atomic E-state index is 11.0. The van der Waals surface area contributed by atoms with Gasteiger partial charge in [0.1, 0.15) is 0 Å². The molecule has 0 aliphatic rings. The molecule has 0 saturated heterocycles. The van der Waals surface area contributed by atoms with Gasteiger partial charge in [0, 0.05) is 0 Å². The first-order valence-corrected chi connectivity index (χ1v) is 12.7. The van der Waals surface area contributed by atoms with Crippen LogP contribution in [0.3, 0.4) is 0 Å². The molecule has 0 fully saturated rings. The fourth-order valence-electron chi connectivity index (χ4n) is 0.741. The Morgan fingerprint density at radius 1 is 1.13 bits per heavy atom. The number of likely N-dealkylation sites (N-methyl/N-ethyl adjacent to an activating group) is 1. The summed E-state index contributed by atoms with van der Waals surface area (Å²) in [6.07, 6.45) is 0. The summed E-state index contributed by atoms with van der Waals surface area (Å²) in [6.45, 7) is 0. The number of halogens is 2. The molecule has 0 aliphatic carbocycles. The summed E-state index contributed by atoms with van der Waals surface area (Å²) < 4.78 is 8.83. The number of esters is 2. The number of hydrogen-bond acceptors (Lipinski definition) is 5. The predicted octanol–water partition coefficient (Wildman–Crippen LogP) is 1.03. The van der Waals surface area contributed by atoms with Crippen molar-refractivity contribution in [2.24, 2.45) is 0 Å². The molecule has 0 aliphatic heterocycles. The standard InChI is InChI=1S/C7H13NO4.2HI.V/c1-8(2)5(6(9)11-3)7(10)12-4;;;/h5H,1-4H3;2*1H;/q;;;+2/p-2. The second-order valence-electron chi connectivity index (χ2n) is 2.48. The molecule has 0 bridgehead atoms. The first-order valence-electron chi connectivity index (χ1n) is 3.70. The molecule has 89 valence electrons. The second-order valence-corrected chi connectivity index (χ2v) is 14.3. The molecule has 0 unspecified atom stereocenters. The monoisotopic (exact) mass is 480 g/mol. The molecule has 0 amide bonds. The molecular weight excluding hydrogens is 467 g/mol. The third-order valence-electron chi connectivity index (χ3n) is 1.37. The van der Waals surface area contributed by atoms with E-state index in [1.54, 1.807) is 14.1 Å². The number of methoxy groups -OCH3 is 2. The molecule has 5 nitrogen and oxygen atoms in total. The van der Waals surface area contributed by atoms with E-state index in [0.29, 0.717) is 9.47 Å². The van der Waals surface area contributed by atoms with Crippen molar-refractivity contribution in [3.63, 3.8) is 0 Å². The molecule has 0 rings (SSSR count). The molecule has 0 saturated carbocycles. The summed E-state index contributed by atoms with van der Waals surface area (Å²) in [5.74, 6) is -1.24. The quantitative estimate of drug-likeness (QED) is 0.344. The van der Waals surface area contributed by atoms with Crippen molar-refractivity contribution < 1.29 is 28.5 Å². The van der Waals surface area contributed by atoms with Crippen LogP contribution in [0.25, 0.3) is 0 Å². The Labute approximate surface area is 118 Å². The Hall–Kier alpha value is 0.944. The summed E-state index contributed by atoms with van der Waals surface area (Å²) in [5.41, 5.74) is 0. The van der Waals surface area contributed by atoms with Crippen LogP contribution in [0.2, 0.25) is 0 Å². The van der Waals surface area contributed by atoms with Crippen molar-refractivity contribution >= 4 is 51.9 Å². The maximum absolute atomic E-state index is 11.0. The van der Waals surface area contributed by atoms with E-state index in [9.17, 15) is 9.59 Å². The first-order chi connectivity index (χ1) is 6.95. The number of carbonyl (C=O) groups is 2. The molecule has 0 spiro atoms. The number of nitrogens with zero attached hydrogens (tertiary/aromatic N) is 1. The van der Waals surface area contributed by atoms with E-state index < -0.39 is 18.0 Å². The van der Waals surface area contributed by atoms with Gasteiger partial charge in [-0.3, -0.25) is 4.90 Å². The zero-order chi connectivity index (χ0) is 12.4. The molecule has 8 heteroatoms. The van der Waals surface area contributed by atoms with Gasteiger partial charge < -0.3 is 9.47 Å². The third-order valence-corrected chi connectivity index (χ3v) is 1.37. The van der Waals surface area contributed by atoms with Crippen LogP contribution in [0.4, 0.5) is 0 Å². The molecule has 0 heterocycles. The minimum atomic E-state index is -0.972. The van der Waals surface area contributed by atoms with E-state index in [1.807, 2.05) is 0 Å². The number of carbonyl (C=O) groups excluding carboxylic acids is 2. The molecule has 0 aromatic carbocycles. The van der Waals surface area contributed by atoms with Gasteiger partial charge in [-0.2, -0.15) is 0 Å². The minimum absolute atomic E-state index is 0.619.